The van der Waals surface area contributed by atoms with Crippen LogP contribution in [0, 0.1) is 17.0 Å². The van der Waals surface area contributed by atoms with Gasteiger partial charge in [-0.1, -0.05) is 23.8 Å². The zero-order valence-electron chi connectivity index (χ0n) is 16.5. The van der Waals surface area contributed by atoms with E-state index in [1.54, 1.807) is 0 Å². The number of nitro groups is 1. The molecule has 7 heteroatoms. The van der Waals surface area contributed by atoms with Crippen LogP contribution in [0.2, 0.25) is 0 Å². The highest BCUT2D eigenvalue weighted by Gasteiger charge is 2.27. The van der Waals surface area contributed by atoms with Crippen LogP contribution in [-0.2, 0) is 0 Å². The molecule has 0 spiro atoms. The number of rotatable bonds is 8. The monoisotopic (exact) mass is 381 g/mol. The van der Waals surface area contributed by atoms with E-state index in [0.717, 1.165) is 30.5 Å². The molecule has 0 unspecified atom stereocenters. The van der Waals surface area contributed by atoms with E-state index >= 15 is 0 Å². The number of aromatic nitrogens is 2. The van der Waals surface area contributed by atoms with Crippen molar-refractivity contribution in [1.82, 2.24) is 9.97 Å². The van der Waals surface area contributed by atoms with Crippen LogP contribution in [0.25, 0.3) is 0 Å². The van der Waals surface area contributed by atoms with Gasteiger partial charge in [0, 0.05) is 18.8 Å². The molecule has 7 nitrogen and oxygen atoms in total. The lowest BCUT2D eigenvalue weighted by atomic mass is 9.97. The lowest BCUT2D eigenvalue weighted by Crippen LogP contribution is -2.20. The molecule has 0 saturated heterocycles. The summed E-state index contributed by atoms with van der Waals surface area (Å²) in [6.07, 6.45) is 9.30. The second-order valence-electron chi connectivity index (χ2n) is 7.02. The van der Waals surface area contributed by atoms with Crippen molar-refractivity contribution < 1.29 is 4.92 Å². The van der Waals surface area contributed by atoms with Crippen LogP contribution in [0.15, 0.2) is 42.2 Å². The number of anilines is 3. The first kappa shape index (κ1) is 19.8. The van der Waals surface area contributed by atoms with E-state index in [9.17, 15) is 10.1 Å². The van der Waals surface area contributed by atoms with Crippen molar-refractivity contribution in [1.29, 1.82) is 0 Å². The van der Waals surface area contributed by atoms with Gasteiger partial charge in [0.25, 0.3) is 0 Å². The summed E-state index contributed by atoms with van der Waals surface area (Å²) in [5.41, 5.74) is 3.31. The summed E-state index contributed by atoms with van der Waals surface area (Å²) < 4.78 is 0. The Labute approximate surface area is 165 Å². The molecule has 1 aromatic heterocycles. The van der Waals surface area contributed by atoms with Crippen molar-refractivity contribution in [2.45, 2.75) is 46.0 Å². The Balaban J connectivity index is 1.86. The standard InChI is InChI=1S/C21H27N5O2/c1-3-25(18-11-7-8-16(2)14-18)21-19(26(27)28)20(23-15-24-21)22-13-12-17-9-5-4-6-10-17/h7-9,11,14-15H,3-6,10,12-13H2,1-2H3,(H,22,23,24). The lowest BCUT2D eigenvalue weighted by Gasteiger charge is -2.22. The third-order valence-electron chi connectivity index (χ3n) is 4.99. The fourth-order valence-corrected chi connectivity index (χ4v) is 3.59. The molecule has 1 aromatic carbocycles. The van der Waals surface area contributed by atoms with Gasteiger partial charge in [-0.3, -0.25) is 10.1 Å². The summed E-state index contributed by atoms with van der Waals surface area (Å²) >= 11 is 0. The van der Waals surface area contributed by atoms with Gasteiger partial charge in [-0.2, -0.15) is 0 Å². The number of nitrogens with one attached hydrogen (secondary N) is 1. The quantitative estimate of drug-likeness (QED) is 0.386. The predicted octanol–water partition coefficient (Wildman–Crippen LogP) is 5.15. The number of hydrogen-bond donors (Lipinski definition) is 1. The van der Waals surface area contributed by atoms with Gasteiger partial charge in [-0.15, -0.1) is 0 Å². The summed E-state index contributed by atoms with van der Waals surface area (Å²) in [6, 6.07) is 7.87. The van der Waals surface area contributed by atoms with Crippen molar-refractivity contribution >= 4 is 23.0 Å². The lowest BCUT2D eigenvalue weighted by molar-refractivity contribution is -0.383. The second kappa shape index (κ2) is 9.30. The Morgan fingerprint density at radius 3 is 2.82 bits per heavy atom. The topological polar surface area (TPSA) is 84.2 Å². The Kier molecular flexibility index (Phi) is 6.57. The molecule has 1 aliphatic rings. The fraction of sp³-hybridized carbons (Fsp3) is 0.429. The van der Waals surface area contributed by atoms with Crippen LogP contribution < -0.4 is 10.2 Å². The van der Waals surface area contributed by atoms with E-state index in [1.807, 2.05) is 43.0 Å². The van der Waals surface area contributed by atoms with E-state index in [1.165, 1.54) is 24.7 Å². The van der Waals surface area contributed by atoms with Gasteiger partial charge in [-0.25, -0.2) is 9.97 Å². The molecule has 1 aliphatic carbocycles. The van der Waals surface area contributed by atoms with Gasteiger partial charge in [-0.05, 0) is 63.6 Å². The largest absolute Gasteiger partial charge is 0.364 e. The van der Waals surface area contributed by atoms with Crippen molar-refractivity contribution in [3.8, 4) is 0 Å². The maximum absolute atomic E-state index is 11.9. The number of nitrogens with zero attached hydrogens (tertiary/aromatic N) is 4. The van der Waals surface area contributed by atoms with Crippen molar-refractivity contribution in [3.05, 3.63) is 57.9 Å². The highest BCUT2D eigenvalue weighted by atomic mass is 16.6. The summed E-state index contributed by atoms with van der Waals surface area (Å²) in [5.74, 6) is 0.588. The van der Waals surface area contributed by atoms with Gasteiger partial charge >= 0.3 is 5.69 Å². The second-order valence-corrected chi connectivity index (χ2v) is 7.02. The van der Waals surface area contributed by atoms with Gasteiger partial charge in [0.15, 0.2) is 0 Å². The molecule has 0 aliphatic heterocycles. The molecule has 1 N–H and O–H groups in total. The molecular formula is C21H27N5O2. The minimum Gasteiger partial charge on any atom is -0.364 e. The third-order valence-corrected chi connectivity index (χ3v) is 4.99. The van der Waals surface area contributed by atoms with Gasteiger partial charge in [0.05, 0.1) is 4.92 Å². The van der Waals surface area contributed by atoms with E-state index in [4.69, 9.17) is 0 Å². The van der Waals surface area contributed by atoms with Crippen LogP contribution in [0.5, 0.6) is 0 Å². The first-order valence-electron chi connectivity index (χ1n) is 9.85. The van der Waals surface area contributed by atoms with E-state index in [0.29, 0.717) is 18.9 Å². The summed E-state index contributed by atoms with van der Waals surface area (Å²) in [5, 5.41) is 15.0. The normalized spacial score (nSPS) is 13.7. The Bertz CT molecular complexity index is 866. The van der Waals surface area contributed by atoms with Crippen LogP contribution in [-0.4, -0.2) is 28.0 Å². The van der Waals surface area contributed by atoms with Crippen LogP contribution in [0.1, 0.15) is 44.6 Å². The molecule has 0 atom stereocenters. The third kappa shape index (κ3) is 4.65. The molecule has 2 aromatic rings. The minimum absolute atomic E-state index is 0.0801. The maximum Gasteiger partial charge on any atom is 0.353 e. The van der Waals surface area contributed by atoms with Crippen LogP contribution >= 0.6 is 0 Å². The van der Waals surface area contributed by atoms with Gasteiger partial charge in [0.2, 0.25) is 11.6 Å². The predicted molar refractivity (Wildman–Crippen MR) is 112 cm³/mol. The highest BCUT2D eigenvalue weighted by Crippen LogP contribution is 2.36. The molecule has 0 fully saturated rings. The summed E-state index contributed by atoms with van der Waals surface area (Å²) in [4.78, 5) is 21.7. The number of benzene rings is 1. The molecule has 3 rings (SSSR count). The molecule has 0 bridgehead atoms. The van der Waals surface area contributed by atoms with Crippen LogP contribution in [0.4, 0.5) is 23.0 Å². The van der Waals surface area contributed by atoms with Gasteiger partial charge in [0.1, 0.15) is 6.33 Å². The zero-order valence-corrected chi connectivity index (χ0v) is 16.5. The molecule has 0 radical (unpaired) electrons. The summed E-state index contributed by atoms with van der Waals surface area (Å²) in [7, 11) is 0. The average Bonchev–Trinajstić information content (AvgIpc) is 2.69. The Morgan fingerprint density at radius 2 is 2.14 bits per heavy atom. The molecule has 1 heterocycles. The van der Waals surface area contributed by atoms with E-state index in [2.05, 4.69) is 21.4 Å². The molecule has 28 heavy (non-hydrogen) atoms. The smallest absolute Gasteiger partial charge is 0.353 e. The molecule has 148 valence electrons. The SMILES string of the molecule is CCN(c1cccc(C)c1)c1ncnc(NCCC2=CCCCC2)c1[N+](=O)[O-]. The van der Waals surface area contributed by atoms with Crippen LogP contribution in [0.3, 0.4) is 0 Å². The first-order valence-corrected chi connectivity index (χ1v) is 9.85. The number of allylic oxidation sites excluding steroid dienone is 1. The Hall–Kier alpha value is -2.96. The Morgan fingerprint density at radius 1 is 1.29 bits per heavy atom. The molecular weight excluding hydrogens is 354 g/mol. The number of aryl methyl sites for hydroxylation is 1. The summed E-state index contributed by atoms with van der Waals surface area (Å²) in [6.45, 7) is 5.14. The minimum atomic E-state index is -0.393. The van der Waals surface area contributed by atoms with Gasteiger partial charge < -0.3 is 10.2 Å². The van der Waals surface area contributed by atoms with Crippen molar-refractivity contribution in [2.75, 3.05) is 23.3 Å². The molecule has 0 saturated carbocycles. The van der Waals surface area contributed by atoms with E-state index < -0.39 is 4.92 Å². The maximum atomic E-state index is 11.9. The van der Waals surface area contributed by atoms with E-state index in [-0.39, 0.29) is 11.5 Å². The highest BCUT2D eigenvalue weighted by molar-refractivity contribution is 5.75. The van der Waals surface area contributed by atoms with Crippen molar-refractivity contribution in [3.63, 3.8) is 0 Å². The fourth-order valence-electron chi connectivity index (χ4n) is 3.59. The van der Waals surface area contributed by atoms with Crippen molar-refractivity contribution in [2.24, 2.45) is 0 Å². The number of hydrogen-bond acceptors (Lipinski definition) is 6. The zero-order chi connectivity index (χ0) is 19.9. The molecule has 0 amide bonds. The average molecular weight is 381 g/mol. The first-order chi connectivity index (χ1) is 13.6.